The van der Waals surface area contributed by atoms with Gasteiger partial charge in [-0.2, -0.15) is 0 Å². The first-order valence-electron chi connectivity index (χ1n) is 7.78. The highest BCUT2D eigenvalue weighted by Crippen LogP contribution is 2.79. The zero-order chi connectivity index (χ0) is 20.5. The van der Waals surface area contributed by atoms with E-state index < -0.39 is 43.0 Å². The summed E-state index contributed by atoms with van der Waals surface area (Å²) in [6.45, 7) is 0. The van der Waals surface area contributed by atoms with E-state index in [2.05, 4.69) is 30.0 Å². The van der Waals surface area contributed by atoms with Crippen LogP contribution < -0.4 is 0 Å². The van der Waals surface area contributed by atoms with Gasteiger partial charge in [0.15, 0.2) is 5.60 Å². The van der Waals surface area contributed by atoms with Gasteiger partial charge in [-0.15, -0.1) is 0 Å². The number of fused-ring (bicyclic) bond motifs is 2. The molecule has 1 aromatic heterocycles. The molecule has 7 atom stereocenters. The number of phosphoric acid groups is 1. The Bertz CT molecular complexity index is 1100. The van der Waals surface area contributed by atoms with Crippen LogP contribution in [0.1, 0.15) is 5.56 Å². The van der Waals surface area contributed by atoms with Crippen LogP contribution in [0.15, 0.2) is 22.8 Å². The molecule has 1 unspecified atom stereocenters. The van der Waals surface area contributed by atoms with E-state index in [-0.39, 0.29) is 16.0 Å². The minimum absolute atomic E-state index is 0.0484. The third-order valence-electron chi connectivity index (χ3n) is 5.48. The monoisotopic (exact) mass is 499 g/mol. The molecule has 1 saturated carbocycles. The normalized spacial score (nSPS) is 49.9. The predicted octanol–water partition coefficient (Wildman–Crippen LogP) is -0.242. The SMILES string of the molecule is O=P12O[C@@]3(O)[C@](O)(O1)[C@](O)(O2)[C@@H](O)[C@@H](O)[C@]3(O)c1c[nH]c2ccc(Br)c(Cl)c12. The fraction of sp³-hybridized carbons (Fsp3) is 0.429. The van der Waals surface area contributed by atoms with Gasteiger partial charge in [-0.05, 0) is 28.1 Å². The number of aliphatic hydroxyl groups excluding tert-OH is 2. The Morgan fingerprint density at radius 3 is 2.36 bits per heavy atom. The third kappa shape index (κ3) is 1.77. The highest BCUT2D eigenvalue weighted by molar-refractivity contribution is 9.10. The van der Waals surface area contributed by atoms with Crippen molar-refractivity contribution in [1.82, 2.24) is 4.98 Å². The lowest BCUT2D eigenvalue weighted by atomic mass is 9.65. The highest BCUT2D eigenvalue weighted by atomic mass is 79.9. The number of benzene rings is 1. The number of aromatic amines is 1. The molecule has 11 nitrogen and oxygen atoms in total. The first kappa shape index (κ1) is 19.4. The smallest absolute Gasteiger partial charge is 0.387 e. The van der Waals surface area contributed by atoms with Gasteiger partial charge in [-0.1, -0.05) is 11.6 Å². The minimum Gasteiger partial charge on any atom is -0.387 e. The van der Waals surface area contributed by atoms with Crippen LogP contribution in [0.2, 0.25) is 5.02 Å². The van der Waals surface area contributed by atoms with Crippen LogP contribution in [0.4, 0.5) is 0 Å². The summed E-state index contributed by atoms with van der Waals surface area (Å²) in [6, 6.07) is 3.15. The molecule has 1 aliphatic carbocycles. The van der Waals surface area contributed by atoms with Gasteiger partial charge < -0.3 is 35.6 Å². The molecule has 2 aliphatic heterocycles. The van der Waals surface area contributed by atoms with Crippen molar-refractivity contribution in [3.05, 3.63) is 33.4 Å². The van der Waals surface area contributed by atoms with Crippen molar-refractivity contribution in [2.75, 3.05) is 0 Å². The van der Waals surface area contributed by atoms with Crippen molar-refractivity contribution >= 4 is 46.3 Å². The molecule has 152 valence electrons. The number of hydrogen-bond acceptors (Lipinski definition) is 10. The summed E-state index contributed by atoms with van der Waals surface area (Å²) in [4.78, 5) is 2.76. The maximum atomic E-state index is 12.5. The molecule has 28 heavy (non-hydrogen) atoms. The molecule has 5 rings (SSSR count). The molecule has 1 aromatic carbocycles. The molecule has 2 saturated heterocycles. The molecule has 0 spiro atoms. The second-order valence-electron chi connectivity index (χ2n) is 6.85. The van der Waals surface area contributed by atoms with E-state index in [0.29, 0.717) is 9.99 Å². The van der Waals surface area contributed by atoms with Gasteiger partial charge in [-0.3, -0.25) is 0 Å². The number of hydrogen-bond donors (Lipinski definition) is 7. The standard InChI is InChI=1S/C14H12BrClNO10P/c15-5-1-2-6-7(8(5)16)4(3-17-6)11(20)9(18)10(19)12(21)14(23)13(11,22)26-28(24,25-12)27-14/h1-3,9-10,17-23H/t9-,10+,11-,12-,13-,14-,28?/m1/s1. The van der Waals surface area contributed by atoms with Crippen LogP contribution in [0.5, 0.6) is 0 Å². The van der Waals surface area contributed by atoms with E-state index in [0.717, 1.165) is 6.20 Å². The Balaban J connectivity index is 1.86. The lowest BCUT2D eigenvalue weighted by Gasteiger charge is -2.58. The number of aromatic nitrogens is 1. The fourth-order valence-corrected chi connectivity index (χ4v) is 6.51. The number of rotatable bonds is 1. The molecule has 2 aromatic rings. The first-order chi connectivity index (χ1) is 12.8. The highest BCUT2D eigenvalue weighted by Gasteiger charge is 2.94. The van der Waals surface area contributed by atoms with Crippen molar-refractivity contribution in [3.8, 4) is 0 Å². The second kappa shape index (κ2) is 5.17. The summed E-state index contributed by atoms with van der Waals surface area (Å²) in [5.74, 6) is -10.1. The van der Waals surface area contributed by atoms with Crippen LogP contribution in [0.25, 0.3) is 10.9 Å². The summed E-state index contributed by atoms with van der Waals surface area (Å²) >= 11 is 9.49. The van der Waals surface area contributed by atoms with Crippen LogP contribution in [-0.2, 0) is 23.7 Å². The van der Waals surface area contributed by atoms with E-state index in [1.807, 2.05) is 0 Å². The summed E-state index contributed by atoms with van der Waals surface area (Å²) in [5.41, 5.74) is -3.06. The van der Waals surface area contributed by atoms with Gasteiger partial charge in [-0.25, -0.2) is 18.1 Å². The van der Waals surface area contributed by atoms with Gasteiger partial charge in [0.25, 0.3) is 17.4 Å². The summed E-state index contributed by atoms with van der Waals surface area (Å²) < 4.78 is 26.9. The Kier molecular flexibility index (Phi) is 3.58. The van der Waals surface area contributed by atoms with Gasteiger partial charge >= 0.3 is 7.82 Å². The van der Waals surface area contributed by atoms with Crippen LogP contribution >= 0.6 is 35.4 Å². The largest absolute Gasteiger partial charge is 0.483 e. The van der Waals surface area contributed by atoms with E-state index in [1.165, 1.54) is 0 Å². The average molecular weight is 501 g/mol. The third-order valence-corrected chi connectivity index (χ3v) is 8.23. The van der Waals surface area contributed by atoms with Crippen molar-refractivity contribution in [2.24, 2.45) is 0 Å². The molecule has 0 amide bonds. The number of H-pyrrole nitrogens is 1. The van der Waals surface area contributed by atoms with Crippen LogP contribution in [-0.4, -0.2) is 65.2 Å². The molecule has 14 heteroatoms. The topological polar surface area (TPSA) is 182 Å². The lowest BCUT2D eigenvalue weighted by Crippen LogP contribution is -2.85. The Hall–Kier alpha value is -0.600. The number of aliphatic hydroxyl groups is 6. The van der Waals surface area contributed by atoms with E-state index >= 15 is 0 Å². The molecule has 7 N–H and O–H groups in total. The van der Waals surface area contributed by atoms with Gasteiger partial charge in [0.2, 0.25) is 0 Å². The van der Waals surface area contributed by atoms with Crippen molar-refractivity contribution in [1.29, 1.82) is 0 Å². The summed E-state index contributed by atoms with van der Waals surface area (Å²) in [5, 5.41) is 65.0. The molecular weight excluding hydrogens is 488 g/mol. The van der Waals surface area contributed by atoms with Gasteiger partial charge in [0.1, 0.15) is 12.2 Å². The summed E-state index contributed by atoms with van der Waals surface area (Å²) in [7, 11) is -4.81. The molecule has 3 fully saturated rings. The van der Waals surface area contributed by atoms with Crippen molar-refractivity contribution < 1.29 is 48.8 Å². The molecule has 2 bridgehead atoms. The van der Waals surface area contributed by atoms with Crippen molar-refractivity contribution in [2.45, 2.75) is 35.2 Å². The molecular formula is C14H12BrClNO10P. The van der Waals surface area contributed by atoms with Crippen molar-refractivity contribution in [3.63, 3.8) is 0 Å². The fourth-order valence-electron chi connectivity index (χ4n) is 4.07. The first-order valence-corrected chi connectivity index (χ1v) is 10.4. The number of nitrogens with one attached hydrogen (secondary N) is 1. The number of phosphoric ester groups is 1. The van der Waals surface area contributed by atoms with Gasteiger partial charge in [0.05, 0.1) is 5.02 Å². The Morgan fingerprint density at radius 2 is 1.71 bits per heavy atom. The van der Waals surface area contributed by atoms with Gasteiger partial charge in [0, 0.05) is 27.1 Å². The Morgan fingerprint density at radius 1 is 1.07 bits per heavy atom. The minimum atomic E-state index is -4.81. The van der Waals surface area contributed by atoms with E-state index in [1.54, 1.807) is 12.1 Å². The van der Waals surface area contributed by atoms with Crippen LogP contribution in [0.3, 0.4) is 0 Å². The zero-order valence-corrected chi connectivity index (χ0v) is 16.6. The average Bonchev–Trinajstić information content (AvgIpc) is 3.20. The maximum Gasteiger partial charge on any atom is 0.483 e. The number of halogens is 2. The zero-order valence-electron chi connectivity index (χ0n) is 13.4. The quantitative estimate of drug-likeness (QED) is 0.258. The predicted molar refractivity (Wildman–Crippen MR) is 92.6 cm³/mol. The summed E-state index contributed by atoms with van der Waals surface area (Å²) in [6.07, 6.45) is -3.75. The van der Waals surface area contributed by atoms with Crippen LogP contribution in [0, 0.1) is 0 Å². The lowest BCUT2D eigenvalue weighted by molar-refractivity contribution is -0.492. The van der Waals surface area contributed by atoms with E-state index in [4.69, 9.17) is 16.1 Å². The maximum absolute atomic E-state index is 12.5. The Labute approximate surface area is 168 Å². The second-order valence-corrected chi connectivity index (χ2v) is 9.52. The molecule has 3 aliphatic rings. The van der Waals surface area contributed by atoms with E-state index in [9.17, 15) is 35.2 Å². The molecule has 0 radical (unpaired) electrons. The molecule has 3 heterocycles.